The average Bonchev–Trinajstić information content (AvgIpc) is 2.42. The van der Waals surface area contributed by atoms with Crippen molar-refractivity contribution in [3.05, 3.63) is 12.0 Å². The zero-order valence-electron chi connectivity index (χ0n) is 11.5. The fourth-order valence-corrected chi connectivity index (χ4v) is 2.27. The minimum absolute atomic E-state index is 0.359. The summed E-state index contributed by atoms with van der Waals surface area (Å²) in [6.45, 7) is 5.07. The SMILES string of the molecule is CCNc1ncc(F)c(N(C)CC2CCOCC2)n1. The summed E-state index contributed by atoms with van der Waals surface area (Å²) < 4.78 is 19.1. The van der Waals surface area contributed by atoms with Gasteiger partial charge in [0.2, 0.25) is 5.95 Å². The van der Waals surface area contributed by atoms with Crippen LogP contribution in [0, 0.1) is 11.7 Å². The van der Waals surface area contributed by atoms with E-state index in [0.717, 1.165) is 39.1 Å². The molecule has 19 heavy (non-hydrogen) atoms. The lowest BCUT2D eigenvalue weighted by Gasteiger charge is -2.28. The van der Waals surface area contributed by atoms with Crippen LogP contribution in [0.15, 0.2) is 6.20 Å². The van der Waals surface area contributed by atoms with Gasteiger partial charge in [-0.05, 0) is 25.7 Å². The highest BCUT2D eigenvalue weighted by Crippen LogP contribution is 2.21. The fraction of sp³-hybridized carbons (Fsp3) is 0.692. The highest BCUT2D eigenvalue weighted by atomic mass is 19.1. The molecule has 1 aliphatic rings. The van der Waals surface area contributed by atoms with E-state index < -0.39 is 0 Å². The van der Waals surface area contributed by atoms with Crippen LogP contribution in [0.5, 0.6) is 0 Å². The molecule has 0 amide bonds. The van der Waals surface area contributed by atoms with Crippen LogP contribution >= 0.6 is 0 Å². The lowest BCUT2D eigenvalue weighted by atomic mass is 10.00. The van der Waals surface area contributed by atoms with Crippen molar-refractivity contribution >= 4 is 11.8 Å². The maximum absolute atomic E-state index is 13.8. The molecule has 1 fully saturated rings. The molecule has 0 spiro atoms. The second-order valence-corrected chi connectivity index (χ2v) is 4.83. The lowest BCUT2D eigenvalue weighted by Crippen LogP contribution is -2.30. The first-order valence-corrected chi connectivity index (χ1v) is 6.76. The summed E-state index contributed by atoms with van der Waals surface area (Å²) in [7, 11) is 1.87. The Kier molecular flexibility index (Phi) is 4.90. The third-order valence-electron chi connectivity index (χ3n) is 3.29. The Bertz CT molecular complexity index is 410. The molecular formula is C13H21FN4O. The lowest BCUT2D eigenvalue weighted by molar-refractivity contribution is 0.0684. The summed E-state index contributed by atoms with van der Waals surface area (Å²) in [5.74, 6) is 0.988. The number of hydrogen-bond donors (Lipinski definition) is 1. The zero-order valence-corrected chi connectivity index (χ0v) is 11.5. The van der Waals surface area contributed by atoms with Crippen molar-refractivity contribution in [1.29, 1.82) is 0 Å². The summed E-state index contributed by atoms with van der Waals surface area (Å²) in [6, 6.07) is 0. The fourth-order valence-electron chi connectivity index (χ4n) is 2.27. The van der Waals surface area contributed by atoms with Gasteiger partial charge in [-0.1, -0.05) is 0 Å². The number of nitrogens with zero attached hydrogens (tertiary/aromatic N) is 3. The Morgan fingerprint density at radius 3 is 2.89 bits per heavy atom. The second-order valence-electron chi connectivity index (χ2n) is 4.83. The number of anilines is 2. The minimum atomic E-state index is -0.379. The van der Waals surface area contributed by atoms with Crippen LogP contribution in [-0.4, -0.2) is 43.3 Å². The van der Waals surface area contributed by atoms with Crippen molar-refractivity contribution in [3.63, 3.8) is 0 Å². The van der Waals surface area contributed by atoms with E-state index in [1.165, 1.54) is 6.20 Å². The summed E-state index contributed by atoms with van der Waals surface area (Å²) in [5, 5.41) is 3.00. The number of halogens is 1. The first-order chi connectivity index (χ1) is 9.20. The van der Waals surface area contributed by atoms with E-state index in [1.807, 2.05) is 18.9 Å². The molecule has 5 nitrogen and oxygen atoms in total. The standard InChI is InChI=1S/C13H21FN4O/c1-3-15-13-16-8-11(14)12(17-13)18(2)9-10-4-6-19-7-5-10/h8,10H,3-7,9H2,1-2H3,(H,15,16,17). The molecule has 0 atom stereocenters. The second kappa shape index (κ2) is 6.65. The van der Waals surface area contributed by atoms with Gasteiger partial charge in [0.15, 0.2) is 11.6 Å². The highest BCUT2D eigenvalue weighted by molar-refractivity contribution is 5.43. The van der Waals surface area contributed by atoms with E-state index in [9.17, 15) is 4.39 Å². The van der Waals surface area contributed by atoms with Crippen molar-refractivity contribution < 1.29 is 9.13 Å². The Morgan fingerprint density at radius 2 is 2.21 bits per heavy atom. The van der Waals surface area contributed by atoms with Gasteiger partial charge in [0.1, 0.15) is 0 Å². The van der Waals surface area contributed by atoms with Crippen molar-refractivity contribution in [2.24, 2.45) is 5.92 Å². The van der Waals surface area contributed by atoms with E-state index >= 15 is 0 Å². The molecule has 1 N–H and O–H groups in total. The van der Waals surface area contributed by atoms with Crippen molar-refractivity contribution in [1.82, 2.24) is 9.97 Å². The Labute approximate surface area is 113 Å². The summed E-state index contributed by atoms with van der Waals surface area (Å²) in [6.07, 6.45) is 3.27. The quantitative estimate of drug-likeness (QED) is 0.884. The van der Waals surface area contributed by atoms with Crippen molar-refractivity contribution in [2.45, 2.75) is 19.8 Å². The van der Waals surface area contributed by atoms with Crippen LogP contribution in [-0.2, 0) is 4.74 Å². The number of ether oxygens (including phenoxy) is 1. The van der Waals surface area contributed by atoms with Gasteiger partial charge in [0.25, 0.3) is 0 Å². The smallest absolute Gasteiger partial charge is 0.224 e. The number of hydrogen-bond acceptors (Lipinski definition) is 5. The monoisotopic (exact) mass is 268 g/mol. The van der Waals surface area contributed by atoms with Gasteiger partial charge in [0, 0.05) is 33.4 Å². The molecule has 0 bridgehead atoms. The molecule has 0 saturated carbocycles. The van der Waals surface area contributed by atoms with Crippen LogP contribution in [0.3, 0.4) is 0 Å². The maximum atomic E-state index is 13.8. The van der Waals surface area contributed by atoms with Crippen LogP contribution in [0.2, 0.25) is 0 Å². The van der Waals surface area contributed by atoms with Crippen LogP contribution in [0.1, 0.15) is 19.8 Å². The number of nitrogens with one attached hydrogen (secondary N) is 1. The van der Waals surface area contributed by atoms with Gasteiger partial charge in [-0.2, -0.15) is 4.98 Å². The van der Waals surface area contributed by atoms with Gasteiger partial charge >= 0.3 is 0 Å². The van der Waals surface area contributed by atoms with Crippen molar-refractivity contribution in [3.8, 4) is 0 Å². The molecular weight excluding hydrogens is 247 g/mol. The molecule has 2 rings (SSSR count). The third kappa shape index (κ3) is 3.76. The van der Waals surface area contributed by atoms with E-state index in [2.05, 4.69) is 15.3 Å². The van der Waals surface area contributed by atoms with Gasteiger partial charge in [0.05, 0.1) is 6.20 Å². The first-order valence-electron chi connectivity index (χ1n) is 6.76. The predicted molar refractivity (Wildman–Crippen MR) is 73.0 cm³/mol. The predicted octanol–water partition coefficient (Wildman–Crippen LogP) is 1.91. The zero-order chi connectivity index (χ0) is 13.7. The van der Waals surface area contributed by atoms with Crippen LogP contribution in [0.4, 0.5) is 16.2 Å². The number of aromatic nitrogens is 2. The largest absolute Gasteiger partial charge is 0.381 e. The third-order valence-corrected chi connectivity index (χ3v) is 3.29. The normalized spacial score (nSPS) is 16.4. The maximum Gasteiger partial charge on any atom is 0.224 e. The summed E-state index contributed by atoms with van der Waals surface area (Å²) >= 11 is 0. The molecule has 6 heteroatoms. The van der Waals surface area contributed by atoms with Gasteiger partial charge < -0.3 is 15.0 Å². The summed E-state index contributed by atoms with van der Waals surface area (Å²) in [4.78, 5) is 10.0. The number of rotatable bonds is 5. The molecule has 106 valence electrons. The van der Waals surface area contributed by atoms with Crippen LogP contribution < -0.4 is 10.2 Å². The molecule has 1 aromatic heterocycles. The van der Waals surface area contributed by atoms with Crippen molar-refractivity contribution in [2.75, 3.05) is 43.6 Å². The minimum Gasteiger partial charge on any atom is -0.381 e. The Hall–Kier alpha value is -1.43. The molecule has 1 saturated heterocycles. The molecule has 1 aromatic rings. The Balaban J connectivity index is 2.04. The van der Waals surface area contributed by atoms with Gasteiger partial charge in [-0.15, -0.1) is 0 Å². The van der Waals surface area contributed by atoms with Gasteiger partial charge in [-0.25, -0.2) is 9.37 Å². The molecule has 2 heterocycles. The molecule has 0 radical (unpaired) electrons. The molecule has 0 aliphatic carbocycles. The Morgan fingerprint density at radius 1 is 1.47 bits per heavy atom. The van der Waals surface area contributed by atoms with Crippen LogP contribution in [0.25, 0.3) is 0 Å². The van der Waals surface area contributed by atoms with E-state index in [0.29, 0.717) is 17.7 Å². The molecule has 0 unspecified atom stereocenters. The van der Waals surface area contributed by atoms with E-state index in [1.54, 1.807) is 0 Å². The first kappa shape index (κ1) is 14.0. The molecule has 0 aromatic carbocycles. The highest BCUT2D eigenvalue weighted by Gasteiger charge is 2.19. The van der Waals surface area contributed by atoms with Gasteiger partial charge in [-0.3, -0.25) is 0 Å². The van der Waals surface area contributed by atoms with E-state index in [4.69, 9.17) is 4.74 Å². The van der Waals surface area contributed by atoms with E-state index in [-0.39, 0.29) is 5.82 Å². The molecule has 1 aliphatic heterocycles. The topological polar surface area (TPSA) is 50.3 Å². The average molecular weight is 268 g/mol. The summed E-state index contributed by atoms with van der Waals surface area (Å²) in [5.41, 5.74) is 0.